The van der Waals surface area contributed by atoms with E-state index in [1.54, 1.807) is 11.9 Å². The molecular weight excluding hydrogens is 332 g/mol. The summed E-state index contributed by atoms with van der Waals surface area (Å²) in [7, 11) is 1.68. The first-order chi connectivity index (χ1) is 11.0. The standard InChI is InChI=1S/C17H17ClN2O2S/c1-19-11-16(21)20(10-13-7-8-15(18)23-13)14(17(19)22)9-12-5-3-2-4-6-12/h2-8,14H,9-11H2,1H3/t14-/m1/s1. The van der Waals surface area contributed by atoms with Crippen LogP contribution in [0.2, 0.25) is 4.34 Å². The van der Waals surface area contributed by atoms with Crippen LogP contribution >= 0.6 is 22.9 Å². The molecule has 120 valence electrons. The molecule has 1 atom stereocenters. The molecule has 0 saturated carbocycles. The molecule has 0 spiro atoms. The lowest BCUT2D eigenvalue weighted by atomic mass is 10.0. The van der Waals surface area contributed by atoms with Gasteiger partial charge < -0.3 is 9.80 Å². The lowest BCUT2D eigenvalue weighted by molar-refractivity contribution is -0.155. The number of piperazine rings is 1. The molecule has 4 nitrogen and oxygen atoms in total. The fraction of sp³-hybridized carbons (Fsp3) is 0.294. The van der Waals surface area contributed by atoms with E-state index >= 15 is 0 Å². The Labute approximate surface area is 144 Å². The van der Waals surface area contributed by atoms with Crippen LogP contribution in [0, 0.1) is 0 Å². The van der Waals surface area contributed by atoms with Crippen LogP contribution in [-0.2, 0) is 22.6 Å². The van der Waals surface area contributed by atoms with Crippen molar-refractivity contribution in [1.29, 1.82) is 0 Å². The molecule has 0 N–H and O–H groups in total. The van der Waals surface area contributed by atoms with E-state index in [0.717, 1.165) is 10.4 Å². The molecule has 0 bridgehead atoms. The average Bonchev–Trinajstić information content (AvgIpc) is 2.95. The molecule has 2 heterocycles. The number of carbonyl (C=O) groups excluding carboxylic acids is 2. The molecule has 0 radical (unpaired) electrons. The monoisotopic (exact) mass is 348 g/mol. The zero-order valence-corrected chi connectivity index (χ0v) is 14.3. The van der Waals surface area contributed by atoms with Gasteiger partial charge in [-0.3, -0.25) is 9.59 Å². The molecule has 3 rings (SSSR count). The minimum atomic E-state index is -0.468. The number of nitrogens with zero attached hydrogens (tertiary/aromatic N) is 2. The average molecular weight is 349 g/mol. The van der Waals surface area contributed by atoms with Gasteiger partial charge >= 0.3 is 0 Å². The smallest absolute Gasteiger partial charge is 0.245 e. The van der Waals surface area contributed by atoms with Crippen molar-refractivity contribution in [3.8, 4) is 0 Å². The molecular formula is C17H17ClN2O2S. The summed E-state index contributed by atoms with van der Waals surface area (Å²) < 4.78 is 0.688. The van der Waals surface area contributed by atoms with Gasteiger partial charge in [0.2, 0.25) is 11.8 Å². The lowest BCUT2D eigenvalue weighted by Crippen LogP contribution is -2.59. The van der Waals surface area contributed by atoms with Crippen molar-refractivity contribution in [3.05, 3.63) is 57.2 Å². The Kier molecular flexibility index (Phi) is 4.68. The van der Waals surface area contributed by atoms with E-state index < -0.39 is 6.04 Å². The normalized spacial score (nSPS) is 18.6. The topological polar surface area (TPSA) is 40.6 Å². The molecule has 1 saturated heterocycles. The number of thiophene rings is 1. The highest BCUT2D eigenvalue weighted by Gasteiger charge is 2.37. The fourth-order valence-electron chi connectivity index (χ4n) is 2.77. The summed E-state index contributed by atoms with van der Waals surface area (Å²) in [6, 6.07) is 13.0. The summed E-state index contributed by atoms with van der Waals surface area (Å²) in [4.78, 5) is 29.2. The van der Waals surface area contributed by atoms with Gasteiger partial charge in [-0.1, -0.05) is 41.9 Å². The Morgan fingerprint density at radius 3 is 2.57 bits per heavy atom. The molecule has 1 fully saturated rings. The number of carbonyl (C=O) groups is 2. The van der Waals surface area contributed by atoms with Gasteiger partial charge in [-0.2, -0.15) is 0 Å². The van der Waals surface area contributed by atoms with Crippen LogP contribution in [0.4, 0.5) is 0 Å². The zero-order chi connectivity index (χ0) is 16.4. The van der Waals surface area contributed by atoms with Crippen molar-refractivity contribution >= 4 is 34.8 Å². The second kappa shape index (κ2) is 6.72. The second-order valence-corrected chi connectivity index (χ2v) is 7.43. The molecule has 23 heavy (non-hydrogen) atoms. The number of hydrogen-bond acceptors (Lipinski definition) is 3. The van der Waals surface area contributed by atoms with Crippen molar-refractivity contribution in [2.75, 3.05) is 13.6 Å². The van der Waals surface area contributed by atoms with Crippen molar-refractivity contribution < 1.29 is 9.59 Å². The van der Waals surface area contributed by atoms with E-state index in [1.807, 2.05) is 42.5 Å². The fourth-order valence-corrected chi connectivity index (χ4v) is 3.86. The maximum Gasteiger partial charge on any atom is 0.245 e. The van der Waals surface area contributed by atoms with Crippen molar-refractivity contribution in [1.82, 2.24) is 9.80 Å². The Hall–Kier alpha value is -1.85. The zero-order valence-electron chi connectivity index (χ0n) is 12.7. The van der Waals surface area contributed by atoms with Gasteiger partial charge in [0, 0.05) is 18.3 Å². The molecule has 2 aromatic rings. The van der Waals surface area contributed by atoms with E-state index in [2.05, 4.69) is 0 Å². The third kappa shape index (κ3) is 3.57. The van der Waals surface area contributed by atoms with Crippen molar-refractivity contribution in [2.24, 2.45) is 0 Å². The van der Waals surface area contributed by atoms with Crippen molar-refractivity contribution in [3.63, 3.8) is 0 Å². The maximum absolute atomic E-state index is 12.6. The van der Waals surface area contributed by atoms with Crippen LogP contribution in [0.25, 0.3) is 0 Å². The van der Waals surface area contributed by atoms with Gasteiger partial charge in [0.1, 0.15) is 6.04 Å². The number of rotatable bonds is 4. The van der Waals surface area contributed by atoms with Crippen LogP contribution in [-0.4, -0.2) is 41.2 Å². The summed E-state index contributed by atoms with van der Waals surface area (Å²) in [5.74, 6) is -0.0475. The highest BCUT2D eigenvalue weighted by atomic mass is 35.5. The van der Waals surface area contributed by atoms with Gasteiger partial charge in [-0.05, 0) is 17.7 Å². The highest BCUT2D eigenvalue weighted by molar-refractivity contribution is 7.16. The van der Waals surface area contributed by atoms with Gasteiger partial charge in [0.25, 0.3) is 0 Å². The predicted molar refractivity (Wildman–Crippen MR) is 91.5 cm³/mol. The summed E-state index contributed by atoms with van der Waals surface area (Å²) in [6.45, 7) is 0.552. The first kappa shape index (κ1) is 16.0. The first-order valence-corrected chi connectivity index (χ1v) is 8.56. The molecule has 2 amide bonds. The largest absolute Gasteiger partial charge is 0.335 e. The molecule has 1 aromatic heterocycles. The highest BCUT2D eigenvalue weighted by Crippen LogP contribution is 2.25. The minimum absolute atomic E-state index is 0.0175. The predicted octanol–water partition coefficient (Wildman–Crippen LogP) is 2.81. The third-order valence-electron chi connectivity index (χ3n) is 3.96. The van der Waals surface area contributed by atoms with Crippen LogP contribution in [0.5, 0.6) is 0 Å². The minimum Gasteiger partial charge on any atom is -0.335 e. The van der Waals surface area contributed by atoms with E-state index in [9.17, 15) is 9.59 Å². The van der Waals surface area contributed by atoms with Crippen LogP contribution < -0.4 is 0 Å². The summed E-state index contributed by atoms with van der Waals surface area (Å²) in [5.41, 5.74) is 1.04. The summed E-state index contributed by atoms with van der Waals surface area (Å²) >= 11 is 7.41. The molecule has 0 aliphatic carbocycles. The SMILES string of the molecule is CN1CC(=O)N(Cc2ccc(Cl)s2)[C@H](Cc2ccccc2)C1=O. The Morgan fingerprint density at radius 1 is 1.17 bits per heavy atom. The number of halogens is 1. The Morgan fingerprint density at radius 2 is 1.91 bits per heavy atom. The summed E-state index contributed by atoms with van der Waals surface area (Å²) in [5, 5.41) is 0. The van der Waals surface area contributed by atoms with E-state index in [1.165, 1.54) is 16.2 Å². The van der Waals surface area contributed by atoms with Crippen LogP contribution in [0.1, 0.15) is 10.4 Å². The molecule has 6 heteroatoms. The number of hydrogen-bond donors (Lipinski definition) is 0. The Balaban J connectivity index is 1.85. The van der Waals surface area contributed by atoms with E-state index in [-0.39, 0.29) is 18.4 Å². The second-order valence-electron chi connectivity index (χ2n) is 5.63. The number of amides is 2. The van der Waals surface area contributed by atoms with E-state index in [0.29, 0.717) is 17.3 Å². The number of likely N-dealkylation sites (N-methyl/N-ethyl adjacent to an activating group) is 1. The van der Waals surface area contributed by atoms with Crippen molar-refractivity contribution in [2.45, 2.75) is 19.0 Å². The number of benzene rings is 1. The van der Waals surface area contributed by atoms with Gasteiger partial charge in [-0.15, -0.1) is 11.3 Å². The van der Waals surface area contributed by atoms with E-state index in [4.69, 9.17) is 11.6 Å². The Bertz CT molecular complexity index is 716. The van der Waals surface area contributed by atoms with Gasteiger partial charge in [0.15, 0.2) is 0 Å². The molecule has 0 unspecified atom stereocenters. The molecule has 1 aliphatic rings. The van der Waals surface area contributed by atoms with Crippen LogP contribution in [0.3, 0.4) is 0 Å². The van der Waals surface area contributed by atoms with Gasteiger partial charge in [0.05, 0.1) is 17.4 Å². The van der Waals surface area contributed by atoms with Crippen LogP contribution in [0.15, 0.2) is 42.5 Å². The summed E-state index contributed by atoms with van der Waals surface area (Å²) in [6.07, 6.45) is 0.523. The maximum atomic E-state index is 12.6. The molecule has 1 aromatic carbocycles. The van der Waals surface area contributed by atoms with Gasteiger partial charge in [-0.25, -0.2) is 0 Å². The first-order valence-electron chi connectivity index (χ1n) is 7.37. The third-order valence-corrected chi connectivity index (χ3v) is 5.17. The quantitative estimate of drug-likeness (QED) is 0.852. The lowest BCUT2D eigenvalue weighted by Gasteiger charge is -2.38. The molecule has 1 aliphatic heterocycles.